The molecule has 0 spiro atoms. The van der Waals surface area contributed by atoms with Gasteiger partial charge in [-0.25, -0.2) is 9.97 Å². The predicted octanol–water partition coefficient (Wildman–Crippen LogP) is 3.60. The molecule has 130 valence electrons. The van der Waals surface area contributed by atoms with E-state index in [-0.39, 0.29) is 0 Å². The molecule has 1 aromatic carbocycles. The van der Waals surface area contributed by atoms with Gasteiger partial charge in [-0.05, 0) is 18.6 Å². The number of pyridine rings is 1. The second-order valence-corrected chi connectivity index (χ2v) is 6.84. The average molecular weight is 343 g/mol. The van der Waals surface area contributed by atoms with E-state index in [1.165, 1.54) is 17.0 Å². The number of nitrogens with zero attached hydrogens (tertiary/aromatic N) is 5. The van der Waals surface area contributed by atoms with Crippen molar-refractivity contribution in [2.45, 2.75) is 26.1 Å². The Bertz CT molecular complexity index is 1030. The summed E-state index contributed by atoms with van der Waals surface area (Å²) in [5.74, 6) is 0. The second kappa shape index (κ2) is 6.42. The lowest BCUT2D eigenvalue weighted by atomic mass is 10.1. The van der Waals surface area contributed by atoms with Gasteiger partial charge in [0.1, 0.15) is 5.65 Å². The van der Waals surface area contributed by atoms with Gasteiger partial charge in [0, 0.05) is 44.1 Å². The Balaban J connectivity index is 1.56. The van der Waals surface area contributed by atoms with Crippen LogP contribution in [0, 0.1) is 0 Å². The van der Waals surface area contributed by atoms with Crippen LogP contribution in [-0.4, -0.2) is 30.4 Å². The zero-order valence-electron chi connectivity index (χ0n) is 14.6. The molecule has 0 unspecified atom stereocenters. The van der Waals surface area contributed by atoms with Crippen LogP contribution in [0.15, 0.2) is 67.3 Å². The van der Waals surface area contributed by atoms with Crippen molar-refractivity contribution in [2.24, 2.45) is 0 Å². The molecule has 5 nitrogen and oxygen atoms in total. The zero-order valence-corrected chi connectivity index (χ0v) is 14.6. The summed E-state index contributed by atoms with van der Waals surface area (Å²) in [6.07, 6.45) is 7.19. The van der Waals surface area contributed by atoms with E-state index in [4.69, 9.17) is 4.98 Å². The quantitative estimate of drug-likeness (QED) is 0.570. The number of hydrogen-bond donors (Lipinski definition) is 0. The molecule has 0 fully saturated rings. The van der Waals surface area contributed by atoms with E-state index in [1.54, 1.807) is 0 Å². The lowest BCUT2D eigenvalue weighted by Gasteiger charge is -2.20. The van der Waals surface area contributed by atoms with Crippen LogP contribution < -0.4 is 0 Å². The number of fused-ring (bicyclic) bond motifs is 2. The zero-order chi connectivity index (χ0) is 17.3. The molecule has 0 saturated heterocycles. The SMILES string of the molecule is c1ccc(-c2nc3ccccn3c2CN2CCCn3cncc3C2)cc1. The van der Waals surface area contributed by atoms with Crippen LogP contribution in [0.3, 0.4) is 0 Å². The maximum atomic E-state index is 4.92. The van der Waals surface area contributed by atoms with Crippen molar-refractivity contribution in [2.75, 3.05) is 6.54 Å². The minimum absolute atomic E-state index is 0.876. The highest BCUT2D eigenvalue weighted by Gasteiger charge is 2.19. The Hall–Kier alpha value is -2.92. The van der Waals surface area contributed by atoms with Gasteiger partial charge in [0.15, 0.2) is 0 Å². The number of rotatable bonds is 3. The molecule has 0 atom stereocenters. The molecule has 0 saturated carbocycles. The maximum absolute atomic E-state index is 4.92. The molecule has 4 heterocycles. The minimum Gasteiger partial charge on any atom is -0.333 e. The Labute approximate surface area is 152 Å². The summed E-state index contributed by atoms with van der Waals surface area (Å²) in [5, 5.41) is 0. The van der Waals surface area contributed by atoms with Crippen molar-refractivity contribution in [1.82, 2.24) is 23.8 Å². The van der Waals surface area contributed by atoms with Crippen molar-refractivity contribution < 1.29 is 0 Å². The van der Waals surface area contributed by atoms with Crippen molar-refractivity contribution in [3.8, 4) is 11.3 Å². The topological polar surface area (TPSA) is 38.4 Å². The van der Waals surface area contributed by atoms with E-state index in [9.17, 15) is 0 Å². The van der Waals surface area contributed by atoms with Crippen molar-refractivity contribution in [1.29, 1.82) is 0 Å². The first-order chi connectivity index (χ1) is 12.9. The van der Waals surface area contributed by atoms with Crippen LogP contribution in [0.25, 0.3) is 16.9 Å². The third kappa shape index (κ3) is 2.70. The molecule has 0 N–H and O–H groups in total. The van der Waals surface area contributed by atoms with Crippen LogP contribution in [0.4, 0.5) is 0 Å². The van der Waals surface area contributed by atoms with Gasteiger partial charge < -0.3 is 8.97 Å². The first-order valence-electron chi connectivity index (χ1n) is 9.11. The fourth-order valence-corrected chi connectivity index (χ4v) is 3.83. The van der Waals surface area contributed by atoms with E-state index < -0.39 is 0 Å². The minimum atomic E-state index is 0.876. The Morgan fingerprint density at radius 1 is 0.962 bits per heavy atom. The standard InChI is InChI=1S/C21H21N5/c1-2-7-17(8-3-1)21-19(26-12-5-4-9-20(26)23-21)15-24-10-6-11-25-16-22-13-18(25)14-24/h1-5,7-9,12-13,16H,6,10-11,14-15H2. The van der Waals surface area contributed by atoms with Crippen molar-refractivity contribution in [3.63, 3.8) is 0 Å². The molecule has 0 radical (unpaired) electrons. The summed E-state index contributed by atoms with van der Waals surface area (Å²) < 4.78 is 4.50. The van der Waals surface area contributed by atoms with Crippen LogP contribution in [0.1, 0.15) is 17.8 Å². The summed E-state index contributed by atoms with van der Waals surface area (Å²) in [5.41, 5.74) is 5.79. The Morgan fingerprint density at radius 3 is 2.77 bits per heavy atom. The molecule has 4 aromatic rings. The Morgan fingerprint density at radius 2 is 1.85 bits per heavy atom. The number of hydrogen-bond acceptors (Lipinski definition) is 3. The number of aryl methyl sites for hydroxylation is 1. The summed E-state index contributed by atoms with van der Waals surface area (Å²) in [6, 6.07) is 16.7. The smallest absolute Gasteiger partial charge is 0.137 e. The number of aromatic nitrogens is 4. The van der Waals surface area contributed by atoms with E-state index in [0.717, 1.165) is 43.9 Å². The summed E-state index contributed by atoms with van der Waals surface area (Å²) in [6.45, 7) is 3.93. The number of imidazole rings is 2. The third-order valence-electron chi connectivity index (χ3n) is 5.11. The third-order valence-corrected chi connectivity index (χ3v) is 5.11. The first kappa shape index (κ1) is 15.3. The molecule has 5 heteroatoms. The van der Waals surface area contributed by atoms with Crippen LogP contribution in [-0.2, 0) is 19.6 Å². The second-order valence-electron chi connectivity index (χ2n) is 6.84. The summed E-state index contributed by atoms with van der Waals surface area (Å²) in [4.78, 5) is 11.7. The van der Waals surface area contributed by atoms with Crippen molar-refractivity contribution >= 4 is 5.65 Å². The highest BCUT2D eigenvalue weighted by molar-refractivity contribution is 5.66. The van der Waals surface area contributed by atoms with Gasteiger partial charge in [-0.1, -0.05) is 36.4 Å². The molecule has 0 amide bonds. The molecular formula is C21H21N5. The molecule has 5 rings (SSSR count). The van der Waals surface area contributed by atoms with Gasteiger partial charge >= 0.3 is 0 Å². The van der Waals surface area contributed by atoms with Gasteiger partial charge in [0.05, 0.1) is 23.4 Å². The summed E-state index contributed by atoms with van der Waals surface area (Å²) >= 11 is 0. The van der Waals surface area contributed by atoms with Crippen LogP contribution in [0.5, 0.6) is 0 Å². The van der Waals surface area contributed by atoms with E-state index in [1.807, 2.05) is 18.6 Å². The average Bonchev–Trinajstić information content (AvgIpc) is 3.22. The van der Waals surface area contributed by atoms with Gasteiger partial charge in [-0.2, -0.15) is 0 Å². The van der Waals surface area contributed by atoms with Gasteiger partial charge in [-0.15, -0.1) is 0 Å². The molecule has 1 aliphatic heterocycles. The molecule has 1 aliphatic rings. The molecule has 0 bridgehead atoms. The van der Waals surface area contributed by atoms with Gasteiger partial charge in [-0.3, -0.25) is 4.90 Å². The fourth-order valence-electron chi connectivity index (χ4n) is 3.83. The molecular weight excluding hydrogens is 322 g/mol. The van der Waals surface area contributed by atoms with E-state index in [2.05, 4.69) is 67.5 Å². The molecule has 26 heavy (non-hydrogen) atoms. The van der Waals surface area contributed by atoms with Crippen LogP contribution in [0.2, 0.25) is 0 Å². The van der Waals surface area contributed by atoms with Gasteiger partial charge in [0.25, 0.3) is 0 Å². The van der Waals surface area contributed by atoms with Crippen molar-refractivity contribution in [3.05, 3.63) is 78.6 Å². The van der Waals surface area contributed by atoms with E-state index in [0.29, 0.717) is 0 Å². The van der Waals surface area contributed by atoms with Gasteiger partial charge in [0.2, 0.25) is 0 Å². The fraction of sp³-hybridized carbons (Fsp3) is 0.238. The molecule has 0 aliphatic carbocycles. The van der Waals surface area contributed by atoms with Crippen LogP contribution >= 0.6 is 0 Å². The summed E-state index contributed by atoms with van der Waals surface area (Å²) in [7, 11) is 0. The first-order valence-corrected chi connectivity index (χ1v) is 9.11. The lowest BCUT2D eigenvalue weighted by Crippen LogP contribution is -2.24. The molecule has 3 aromatic heterocycles. The highest BCUT2D eigenvalue weighted by atomic mass is 15.2. The lowest BCUT2D eigenvalue weighted by molar-refractivity contribution is 0.257. The normalized spacial score (nSPS) is 15.1. The number of benzene rings is 1. The van der Waals surface area contributed by atoms with E-state index >= 15 is 0 Å². The maximum Gasteiger partial charge on any atom is 0.137 e. The highest BCUT2D eigenvalue weighted by Crippen LogP contribution is 2.26. The monoisotopic (exact) mass is 343 g/mol. The largest absolute Gasteiger partial charge is 0.333 e. The Kier molecular flexibility index (Phi) is 3.79. The predicted molar refractivity (Wildman–Crippen MR) is 102 cm³/mol.